The topological polar surface area (TPSA) is 93.0 Å². The second-order valence-electron chi connectivity index (χ2n) is 5.93. The number of carbonyl (C=O) groups is 1. The number of rotatable bonds is 6. The molecule has 5 atom stereocenters. The quantitative estimate of drug-likeness (QED) is 0.421. The number of hydrogen-bond acceptors (Lipinski definition) is 5. The monoisotopic (exact) mass is 300 g/mol. The van der Waals surface area contributed by atoms with Crippen molar-refractivity contribution in [2.45, 2.75) is 56.9 Å². The van der Waals surface area contributed by atoms with Crippen LogP contribution in [0.1, 0.15) is 32.6 Å². The Morgan fingerprint density at radius 2 is 1.90 bits per heavy atom. The smallest absolute Gasteiger partial charge is 0.219 e. The lowest BCUT2D eigenvalue weighted by Crippen LogP contribution is -2.62. The van der Waals surface area contributed by atoms with Crippen molar-refractivity contribution in [3.8, 4) is 0 Å². The lowest BCUT2D eigenvalue weighted by molar-refractivity contribution is -0.122. The molecular formula is C15H28N2O4. The van der Waals surface area contributed by atoms with Gasteiger partial charge in [-0.3, -0.25) is 9.69 Å². The zero-order chi connectivity index (χ0) is 16.2. The molecule has 21 heavy (non-hydrogen) atoms. The summed E-state index contributed by atoms with van der Waals surface area (Å²) in [5.74, 6) is -0.218. The minimum absolute atomic E-state index is 0.0251. The molecule has 4 N–H and O–H groups in total. The largest absolute Gasteiger partial charge is 0.511 e. The van der Waals surface area contributed by atoms with Gasteiger partial charge in [-0.2, -0.15) is 0 Å². The van der Waals surface area contributed by atoms with E-state index in [0.717, 1.165) is 19.3 Å². The molecule has 1 aliphatic rings. The SMILES string of the molecule is C=C(O)C1C(O)C(O)C(C)C(CCCCC(=O)NC)N1C. The molecule has 6 heteroatoms. The van der Waals surface area contributed by atoms with E-state index in [1.165, 1.54) is 0 Å². The van der Waals surface area contributed by atoms with Crippen LogP contribution in [0.4, 0.5) is 0 Å². The van der Waals surface area contributed by atoms with E-state index in [-0.39, 0.29) is 23.6 Å². The third kappa shape index (κ3) is 4.18. The van der Waals surface area contributed by atoms with Crippen molar-refractivity contribution in [2.24, 2.45) is 5.92 Å². The molecule has 1 heterocycles. The van der Waals surface area contributed by atoms with Gasteiger partial charge in [0.25, 0.3) is 0 Å². The fraction of sp³-hybridized carbons (Fsp3) is 0.800. The van der Waals surface area contributed by atoms with Crippen molar-refractivity contribution in [2.75, 3.05) is 14.1 Å². The second kappa shape index (κ2) is 7.77. The maximum atomic E-state index is 11.2. The molecule has 0 saturated carbocycles. The molecule has 1 amide bonds. The van der Waals surface area contributed by atoms with Crippen molar-refractivity contribution in [3.63, 3.8) is 0 Å². The van der Waals surface area contributed by atoms with E-state index in [1.54, 1.807) is 7.05 Å². The Morgan fingerprint density at radius 3 is 2.43 bits per heavy atom. The molecule has 122 valence electrons. The summed E-state index contributed by atoms with van der Waals surface area (Å²) in [6, 6.07) is -0.623. The maximum Gasteiger partial charge on any atom is 0.219 e. The third-order valence-electron chi connectivity index (χ3n) is 4.55. The standard InChI is InChI=1S/C15H28N2O4/c1-9-11(7-5-6-8-12(19)16-3)17(4)13(10(2)18)15(21)14(9)20/h9,11,13-15,18,20-21H,2,5-8H2,1,3-4H3,(H,16,19). The van der Waals surface area contributed by atoms with Crippen LogP contribution < -0.4 is 5.32 Å². The highest BCUT2D eigenvalue weighted by atomic mass is 16.3. The summed E-state index contributed by atoms with van der Waals surface area (Å²) in [6.07, 6.45) is 0.981. The van der Waals surface area contributed by atoms with Gasteiger partial charge in [0.2, 0.25) is 5.91 Å². The number of likely N-dealkylation sites (N-methyl/N-ethyl adjacent to an activating group) is 1. The predicted octanol–water partition coefficient (Wildman–Crippen LogP) is 0.405. The number of amides is 1. The van der Waals surface area contributed by atoms with E-state index in [9.17, 15) is 20.1 Å². The first-order valence-corrected chi connectivity index (χ1v) is 7.47. The van der Waals surface area contributed by atoms with Gasteiger partial charge in [0.1, 0.15) is 11.9 Å². The van der Waals surface area contributed by atoms with Crippen LogP contribution in [0.15, 0.2) is 12.3 Å². The Labute approximate surface area is 126 Å². The number of aliphatic hydroxyl groups is 3. The number of hydrogen-bond donors (Lipinski definition) is 4. The minimum atomic E-state index is -1.04. The van der Waals surface area contributed by atoms with Gasteiger partial charge < -0.3 is 20.6 Å². The Hall–Kier alpha value is -1.11. The van der Waals surface area contributed by atoms with Gasteiger partial charge in [0.15, 0.2) is 0 Å². The number of aliphatic hydroxyl groups excluding tert-OH is 3. The van der Waals surface area contributed by atoms with Gasteiger partial charge >= 0.3 is 0 Å². The van der Waals surface area contributed by atoms with E-state index in [4.69, 9.17) is 0 Å². The molecule has 0 aliphatic carbocycles. The average molecular weight is 300 g/mol. The molecule has 0 aromatic rings. The van der Waals surface area contributed by atoms with E-state index >= 15 is 0 Å². The number of carbonyl (C=O) groups excluding carboxylic acids is 1. The molecule has 0 aromatic heterocycles. The highest BCUT2D eigenvalue weighted by Gasteiger charge is 2.45. The molecule has 6 nitrogen and oxygen atoms in total. The van der Waals surface area contributed by atoms with Crippen molar-refractivity contribution in [1.82, 2.24) is 10.2 Å². The Kier molecular flexibility index (Phi) is 6.64. The van der Waals surface area contributed by atoms with Crippen LogP contribution in [-0.2, 0) is 4.79 Å². The van der Waals surface area contributed by atoms with Crippen LogP contribution in [0.5, 0.6) is 0 Å². The Balaban J connectivity index is 2.62. The van der Waals surface area contributed by atoms with E-state index < -0.39 is 18.2 Å². The van der Waals surface area contributed by atoms with Crippen molar-refractivity contribution in [1.29, 1.82) is 0 Å². The Bertz CT molecular complexity index is 375. The van der Waals surface area contributed by atoms with Gasteiger partial charge in [-0.25, -0.2) is 0 Å². The molecule has 1 rings (SSSR count). The normalized spacial score (nSPS) is 33.7. The molecule has 0 aromatic carbocycles. The minimum Gasteiger partial charge on any atom is -0.511 e. The van der Waals surface area contributed by atoms with Gasteiger partial charge in [0.05, 0.1) is 12.1 Å². The number of unbranched alkanes of at least 4 members (excludes halogenated alkanes) is 1. The fourth-order valence-corrected chi connectivity index (χ4v) is 3.21. The third-order valence-corrected chi connectivity index (χ3v) is 4.55. The van der Waals surface area contributed by atoms with E-state index in [1.807, 2.05) is 18.9 Å². The lowest BCUT2D eigenvalue weighted by atomic mass is 9.80. The summed E-state index contributed by atoms with van der Waals surface area (Å²) < 4.78 is 0. The van der Waals surface area contributed by atoms with Crippen molar-refractivity contribution < 1.29 is 20.1 Å². The maximum absolute atomic E-state index is 11.2. The zero-order valence-corrected chi connectivity index (χ0v) is 13.1. The van der Waals surface area contributed by atoms with Gasteiger partial charge in [-0.15, -0.1) is 0 Å². The molecule has 1 fully saturated rings. The highest BCUT2D eigenvalue weighted by Crippen LogP contribution is 2.32. The number of likely N-dealkylation sites (tertiary alicyclic amines) is 1. The van der Waals surface area contributed by atoms with Crippen molar-refractivity contribution in [3.05, 3.63) is 12.3 Å². The van der Waals surface area contributed by atoms with E-state index in [2.05, 4.69) is 11.9 Å². The first kappa shape index (κ1) is 17.9. The van der Waals surface area contributed by atoms with Gasteiger partial charge in [-0.1, -0.05) is 19.9 Å². The number of nitrogens with one attached hydrogen (secondary N) is 1. The summed E-state index contributed by atoms with van der Waals surface area (Å²) >= 11 is 0. The number of nitrogens with zero attached hydrogens (tertiary/aromatic N) is 1. The van der Waals surface area contributed by atoms with Gasteiger partial charge in [-0.05, 0) is 19.9 Å². The molecule has 1 saturated heterocycles. The first-order chi connectivity index (χ1) is 9.81. The first-order valence-electron chi connectivity index (χ1n) is 7.47. The molecule has 1 aliphatic heterocycles. The summed E-state index contributed by atoms with van der Waals surface area (Å²) in [5.41, 5.74) is 0. The second-order valence-corrected chi connectivity index (χ2v) is 5.93. The number of piperidine rings is 1. The summed E-state index contributed by atoms with van der Waals surface area (Å²) in [4.78, 5) is 13.1. The molecule has 0 radical (unpaired) electrons. The molecule has 0 spiro atoms. The predicted molar refractivity (Wildman–Crippen MR) is 80.8 cm³/mol. The lowest BCUT2D eigenvalue weighted by Gasteiger charge is -2.48. The molecular weight excluding hydrogens is 272 g/mol. The molecule has 5 unspecified atom stereocenters. The van der Waals surface area contributed by atoms with E-state index in [0.29, 0.717) is 6.42 Å². The van der Waals surface area contributed by atoms with Crippen LogP contribution in [0.3, 0.4) is 0 Å². The summed E-state index contributed by atoms with van der Waals surface area (Å²) in [6.45, 7) is 5.39. The zero-order valence-electron chi connectivity index (χ0n) is 13.1. The molecule has 0 bridgehead atoms. The van der Waals surface area contributed by atoms with Crippen LogP contribution in [0, 0.1) is 5.92 Å². The summed E-state index contributed by atoms with van der Waals surface area (Å²) in [7, 11) is 3.44. The highest BCUT2D eigenvalue weighted by molar-refractivity contribution is 5.75. The Morgan fingerprint density at radius 1 is 1.29 bits per heavy atom. The average Bonchev–Trinajstić information content (AvgIpc) is 2.43. The van der Waals surface area contributed by atoms with Crippen LogP contribution >= 0.6 is 0 Å². The fourth-order valence-electron chi connectivity index (χ4n) is 3.21. The summed E-state index contributed by atoms with van der Waals surface area (Å²) in [5, 5.41) is 32.5. The van der Waals surface area contributed by atoms with Crippen LogP contribution in [-0.4, -0.2) is 64.5 Å². The van der Waals surface area contributed by atoms with Crippen molar-refractivity contribution >= 4 is 5.91 Å². The van der Waals surface area contributed by atoms with Crippen LogP contribution in [0.2, 0.25) is 0 Å². The van der Waals surface area contributed by atoms with Crippen LogP contribution in [0.25, 0.3) is 0 Å². The van der Waals surface area contributed by atoms with Gasteiger partial charge in [0, 0.05) is 25.4 Å².